The van der Waals surface area contributed by atoms with Crippen LogP contribution in [0.2, 0.25) is 0 Å². The maximum Gasteiger partial charge on any atom is 0.274 e. The number of carbonyl (C=O) groups excluding carboxylic acids is 1. The average Bonchev–Trinajstić information content (AvgIpc) is 2.39. The summed E-state index contributed by atoms with van der Waals surface area (Å²) in [4.78, 5) is 21.8. The molecular formula is C11H18N4O2. The summed E-state index contributed by atoms with van der Waals surface area (Å²) in [5, 5.41) is 11.6. The highest BCUT2D eigenvalue weighted by atomic mass is 16.3. The zero-order chi connectivity index (χ0) is 12.7. The third-order valence-electron chi connectivity index (χ3n) is 2.36. The van der Waals surface area contributed by atoms with Gasteiger partial charge in [-0.15, -0.1) is 0 Å². The van der Waals surface area contributed by atoms with Gasteiger partial charge < -0.3 is 15.3 Å². The topological polar surface area (TPSA) is 78.3 Å². The molecule has 1 aromatic heterocycles. The van der Waals surface area contributed by atoms with E-state index < -0.39 is 0 Å². The molecule has 1 rings (SSSR count). The van der Waals surface area contributed by atoms with Crippen molar-refractivity contribution in [2.24, 2.45) is 0 Å². The fraction of sp³-hybridized carbons (Fsp3) is 0.545. The molecule has 1 heterocycles. The molecule has 6 nitrogen and oxygen atoms in total. The molecule has 1 amide bonds. The van der Waals surface area contributed by atoms with Crippen molar-refractivity contribution in [3.63, 3.8) is 0 Å². The molecule has 1 aromatic rings. The lowest BCUT2D eigenvalue weighted by Crippen LogP contribution is -2.33. The fourth-order valence-corrected chi connectivity index (χ4v) is 1.42. The van der Waals surface area contributed by atoms with Crippen molar-refractivity contribution < 1.29 is 9.90 Å². The van der Waals surface area contributed by atoms with Crippen molar-refractivity contribution in [3.8, 4) is 0 Å². The largest absolute Gasteiger partial charge is 0.396 e. The molecule has 0 atom stereocenters. The number of amides is 1. The fourth-order valence-electron chi connectivity index (χ4n) is 1.42. The van der Waals surface area contributed by atoms with Crippen molar-refractivity contribution in [3.05, 3.63) is 18.1 Å². The Balaban J connectivity index is 2.78. The van der Waals surface area contributed by atoms with Crippen molar-refractivity contribution in [1.29, 1.82) is 0 Å². The standard InChI is InChI=1S/C11H18N4O2/c1-3-15(5-4-6-16)11(17)9-7-13-8-10(12-2)14-9/h7-8,16H,3-6H2,1-2H3,(H,12,14). The van der Waals surface area contributed by atoms with Crippen LogP contribution in [-0.4, -0.2) is 52.6 Å². The SMILES string of the molecule is CCN(CCCO)C(=O)c1cncc(NC)n1. The van der Waals surface area contributed by atoms with E-state index in [9.17, 15) is 4.79 Å². The molecule has 0 aliphatic rings. The third kappa shape index (κ3) is 3.67. The number of aromatic nitrogens is 2. The minimum absolute atomic E-state index is 0.0754. The molecule has 0 saturated heterocycles. The first kappa shape index (κ1) is 13.4. The molecule has 0 aliphatic carbocycles. The highest BCUT2D eigenvalue weighted by Gasteiger charge is 2.15. The van der Waals surface area contributed by atoms with Crippen LogP contribution in [-0.2, 0) is 0 Å². The van der Waals surface area contributed by atoms with Crippen molar-refractivity contribution in [2.75, 3.05) is 32.1 Å². The predicted molar refractivity (Wildman–Crippen MR) is 64.9 cm³/mol. The number of anilines is 1. The summed E-state index contributed by atoms with van der Waals surface area (Å²) < 4.78 is 0. The highest BCUT2D eigenvalue weighted by molar-refractivity contribution is 5.92. The Morgan fingerprint density at radius 1 is 1.53 bits per heavy atom. The molecule has 0 unspecified atom stereocenters. The maximum absolute atomic E-state index is 12.1. The van der Waals surface area contributed by atoms with E-state index in [1.165, 1.54) is 6.20 Å². The summed E-state index contributed by atoms with van der Waals surface area (Å²) in [7, 11) is 1.72. The zero-order valence-corrected chi connectivity index (χ0v) is 10.2. The van der Waals surface area contributed by atoms with Crippen LogP contribution in [0.4, 0.5) is 5.82 Å². The number of nitrogens with one attached hydrogen (secondary N) is 1. The summed E-state index contributed by atoms with van der Waals surface area (Å²) in [6.45, 7) is 3.08. The van der Waals surface area contributed by atoms with Gasteiger partial charge >= 0.3 is 0 Å². The molecule has 0 radical (unpaired) electrons. The van der Waals surface area contributed by atoms with Crippen molar-refractivity contribution >= 4 is 11.7 Å². The summed E-state index contributed by atoms with van der Waals surface area (Å²) in [6, 6.07) is 0. The molecule has 17 heavy (non-hydrogen) atoms. The lowest BCUT2D eigenvalue weighted by molar-refractivity contribution is 0.0748. The van der Waals surface area contributed by atoms with Gasteiger partial charge in [0.2, 0.25) is 0 Å². The number of carbonyl (C=O) groups is 1. The second-order valence-corrected chi connectivity index (χ2v) is 3.50. The van der Waals surface area contributed by atoms with Gasteiger partial charge in [-0.3, -0.25) is 9.78 Å². The van der Waals surface area contributed by atoms with E-state index >= 15 is 0 Å². The lowest BCUT2D eigenvalue weighted by Gasteiger charge is -2.19. The number of aliphatic hydroxyl groups excluding tert-OH is 1. The molecule has 0 aliphatic heterocycles. The van der Waals surface area contributed by atoms with Gasteiger partial charge in [0.1, 0.15) is 11.5 Å². The maximum atomic E-state index is 12.1. The first-order chi connectivity index (χ1) is 8.22. The predicted octanol–water partition coefficient (Wildman–Crippen LogP) is 0.363. The van der Waals surface area contributed by atoms with E-state index in [0.29, 0.717) is 31.0 Å². The van der Waals surface area contributed by atoms with E-state index in [1.807, 2.05) is 6.92 Å². The Morgan fingerprint density at radius 3 is 2.88 bits per heavy atom. The van der Waals surface area contributed by atoms with Gasteiger partial charge in [-0.05, 0) is 13.3 Å². The molecule has 0 saturated carbocycles. The van der Waals surface area contributed by atoms with E-state index in [4.69, 9.17) is 5.11 Å². The molecule has 0 fully saturated rings. The first-order valence-electron chi connectivity index (χ1n) is 5.62. The Morgan fingerprint density at radius 2 is 2.29 bits per heavy atom. The zero-order valence-electron chi connectivity index (χ0n) is 10.2. The summed E-state index contributed by atoms with van der Waals surface area (Å²) in [5.41, 5.74) is 0.316. The first-order valence-corrected chi connectivity index (χ1v) is 5.62. The Kier molecular flexibility index (Phi) is 5.35. The van der Waals surface area contributed by atoms with Crippen molar-refractivity contribution in [1.82, 2.24) is 14.9 Å². The van der Waals surface area contributed by atoms with E-state index in [2.05, 4.69) is 15.3 Å². The van der Waals surface area contributed by atoms with Gasteiger partial charge in [-0.2, -0.15) is 0 Å². The smallest absolute Gasteiger partial charge is 0.274 e. The number of hydrogen-bond acceptors (Lipinski definition) is 5. The normalized spacial score (nSPS) is 10.1. The van der Waals surface area contributed by atoms with Gasteiger partial charge in [0, 0.05) is 26.7 Å². The lowest BCUT2D eigenvalue weighted by atomic mass is 10.3. The molecule has 2 N–H and O–H groups in total. The van der Waals surface area contributed by atoms with Crippen LogP contribution in [0.25, 0.3) is 0 Å². The average molecular weight is 238 g/mol. The molecule has 0 aromatic carbocycles. The summed E-state index contributed by atoms with van der Waals surface area (Å²) >= 11 is 0. The Bertz CT molecular complexity index is 370. The second-order valence-electron chi connectivity index (χ2n) is 3.50. The van der Waals surface area contributed by atoms with Gasteiger partial charge in [-0.25, -0.2) is 4.98 Å². The van der Waals surface area contributed by atoms with E-state index in [0.717, 1.165) is 0 Å². The molecule has 0 bridgehead atoms. The van der Waals surface area contributed by atoms with Gasteiger partial charge in [0.25, 0.3) is 5.91 Å². The molecule has 6 heteroatoms. The number of rotatable bonds is 6. The second kappa shape index (κ2) is 6.80. The third-order valence-corrected chi connectivity index (χ3v) is 2.36. The van der Waals surface area contributed by atoms with Crippen LogP contribution >= 0.6 is 0 Å². The minimum Gasteiger partial charge on any atom is -0.396 e. The van der Waals surface area contributed by atoms with Crippen LogP contribution < -0.4 is 5.32 Å². The van der Waals surface area contributed by atoms with Gasteiger partial charge in [-0.1, -0.05) is 0 Å². The van der Waals surface area contributed by atoms with Crippen molar-refractivity contribution in [2.45, 2.75) is 13.3 Å². The van der Waals surface area contributed by atoms with Crippen LogP contribution in [0.3, 0.4) is 0 Å². The van der Waals surface area contributed by atoms with Gasteiger partial charge in [0.15, 0.2) is 0 Å². The highest BCUT2D eigenvalue weighted by Crippen LogP contribution is 2.05. The Hall–Kier alpha value is -1.69. The summed E-state index contributed by atoms with van der Waals surface area (Å²) in [5.74, 6) is 0.402. The van der Waals surface area contributed by atoms with E-state index in [-0.39, 0.29) is 12.5 Å². The minimum atomic E-state index is -0.162. The monoisotopic (exact) mass is 238 g/mol. The number of hydrogen-bond donors (Lipinski definition) is 2. The van der Waals surface area contributed by atoms with E-state index in [1.54, 1.807) is 18.1 Å². The number of nitrogens with zero attached hydrogens (tertiary/aromatic N) is 3. The van der Waals surface area contributed by atoms with Crippen LogP contribution in [0.1, 0.15) is 23.8 Å². The number of aliphatic hydroxyl groups is 1. The van der Waals surface area contributed by atoms with Crippen LogP contribution in [0.5, 0.6) is 0 Å². The molecule has 94 valence electrons. The summed E-state index contributed by atoms with van der Waals surface area (Å²) in [6.07, 6.45) is 3.57. The van der Waals surface area contributed by atoms with Crippen LogP contribution in [0.15, 0.2) is 12.4 Å². The van der Waals surface area contributed by atoms with Gasteiger partial charge in [0.05, 0.1) is 12.4 Å². The molecule has 0 spiro atoms. The molecular weight excluding hydrogens is 220 g/mol. The quantitative estimate of drug-likeness (QED) is 0.748. The van der Waals surface area contributed by atoms with Crippen LogP contribution in [0, 0.1) is 0 Å². The Labute approximate surface area is 101 Å².